The van der Waals surface area contributed by atoms with E-state index in [0.717, 1.165) is 17.3 Å². The first-order valence-corrected chi connectivity index (χ1v) is 9.93. The largest absolute Gasteiger partial charge is 0.457 e. The third-order valence-corrected chi connectivity index (χ3v) is 5.90. The zero-order valence-electron chi connectivity index (χ0n) is 14.4. The molecule has 7 heteroatoms. The van der Waals surface area contributed by atoms with Gasteiger partial charge in [0.2, 0.25) is 0 Å². The number of furan rings is 1. The van der Waals surface area contributed by atoms with E-state index in [2.05, 4.69) is 0 Å². The van der Waals surface area contributed by atoms with Crippen LogP contribution in [0.15, 0.2) is 70.0 Å². The molecule has 2 amide bonds. The number of rotatable bonds is 4. The molecule has 1 saturated heterocycles. The average molecular weight is 430 g/mol. The molecule has 0 N–H and O–H groups in total. The van der Waals surface area contributed by atoms with Gasteiger partial charge in [0.05, 0.1) is 21.5 Å². The third-order valence-electron chi connectivity index (χ3n) is 4.17. The molecular weight excluding hydrogens is 417 g/mol. The number of thioether (sulfide) groups is 1. The van der Waals surface area contributed by atoms with Crippen molar-refractivity contribution in [2.45, 2.75) is 6.54 Å². The van der Waals surface area contributed by atoms with Crippen LogP contribution < -0.4 is 0 Å². The molecule has 2 aromatic carbocycles. The number of nitrogens with zero attached hydrogens (tertiary/aromatic N) is 1. The van der Waals surface area contributed by atoms with Gasteiger partial charge in [-0.3, -0.25) is 14.5 Å². The number of imide groups is 1. The molecule has 1 aromatic heterocycles. The van der Waals surface area contributed by atoms with Gasteiger partial charge in [0, 0.05) is 11.6 Å². The molecule has 0 atom stereocenters. The van der Waals surface area contributed by atoms with E-state index in [9.17, 15) is 9.59 Å². The Balaban J connectivity index is 1.57. The Kier molecular flexibility index (Phi) is 5.31. The van der Waals surface area contributed by atoms with E-state index in [1.54, 1.807) is 36.4 Å². The van der Waals surface area contributed by atoms with E-state index in [0.29, 0.717) is 32.0 Å². The molecule has 0 aliphatic carbocycles. The van der Waals surface area contributed by atoms with Crippen LogP contribution in [0.25, 0.3) is 17.4 Å². The van der Waals surface area contributed by atoms with Crippen molar-refractivity contribution in [1.82, 2.24) is 4.90 Å². The van der Waals surface area contributed by atoms with Crippen LogP contribution in [-0.2, 0) is 11.3 Å². The van der Waals surface area contributed by atoms with Crippen molar-refractivity contribution in [3.63, 3.8) is 0 Å². The first-order valence-electron chi connectivity index (χ1n) is 8.36. The Morgan fingerprint density at radius 2 is 1.75 bits per heavy atom. The van der Waals surface area contributed by atoms with Crippen LogP contribution in [0, 0.1) is 0 Å². The van der Waals surface area contributed by atoms with Crippen LogP contribution in [0.2, 0.25) is 10.0 Å². The summed E-state index contributed by atoms with van der Waals surface area (Å²) in [4.78, 5) is 26.4. The van der Waals surface area contributed by atoms with Crippen LogP contribution in [0.3, 0.4) is 0 Å². The predicted octanol–water partition coefficient (Wildman–Crippen LogP) is 6.49. The van der Waals surface area contributed by atoms with Crippen molar-refractivity contribution in [2.24, 2.45) is 0 Å². The summed E-state index contributed by atoms with van der Waals surface area (Å²) in [6.07, 6.45) is 1.57. The first kappa shape index (κ1) is 18.9. The summed E-state index contributed by atoms with van der Waals surface area (Å²) >= 11 is 13.2. The summed E-state index contributed by atoms with van der Waals surface area (Å²) < 4.78 is 5.79. The molecule has 2 heterocycles. The van der Waals surface area contributed by atoms with Crippen molar-refractivity contribution < 1.29 is 14.0 Å². The van der Waals surface area contributed by atoms with Gasteiger partial charge in [-0.15, -0.1) is 0 Å². The molecule has 1 aliphatic rings. The van der Waals surface area contributed by atoms with Crippen LogP contribution in [0.4, 0.5) is 4.79 Å². The molecule has 0 unspecified atom stereocenters. The summed E-state index contributed by atoms with van der Waals surface area (Å²) in [6, 6.07) is 18.1. The fourth-order valence-corrected chi connectivity index (χ4v) is 4.01. The summed E-state index contributed by atoms with van der Waals surface area (Å²) in [5.41, 5.74) is 1.55. The van der Waals surface area contributed by atoms with E-state index in [-0.39, 0.29) is 17.7 Å². The van der Waals surface area contributed by atoms with Gasteiger partial charge in [-0.25, -0.2) is 0 Å². The Bertz CT molecular complexity index is 1090. The van der Waals surface area contributed by atoms with Crippen LogP contribution in [-0.4, -0.2) is 16.0 Å². The highest BCUT2D eigenvalue weighted by atomic mass is 35.5. The molecule has 1 fully saturated rings. The minimum Gasteiger partial charge on any atom is -0.457 e. The average Bonchev–Trinajstić information content (AvgIpc) is 3.25. The number of benzene rings is 2. The lowest BCUT2D eigenvalue weighted by molar-refractivity contribution is -0.123. The lowest BCUT2D eigenvalue weighted by Crippen LogP contribution is -2.27. The highest BCUT2D eigenvalue weighted by Crippen LogP contribution is 2.36. The Labute approximate surface area is 175 Å². The molecule has 4 nitrogen and oxygen atoms in total. The number of halogens is 2. The molecule has 1 aliphatic heterocycles. The van der Waals surface area contributed by atoms with Gasteiger partial charge < -0.3 is 4.42 Å². The second-order valence-electron chi connectivity index (χ2n) is 6.06. The zero-order chi connectivity index (χ0) is 19.7. The van der Waals surface area contributed by atoms with E-state index in [1.165, 1.54) is 4.90 Å². The lowest BCUT2D eigenvalue weighted by atomic mass is 10.2. The van der Waals surface area contributed by atoms with Crippen molar-refractivity contribution in [1.29, 1.82) is 0 Å². The second kappa shape index (κ2) is 7.87. The molecular formula is C21H13Cl2NO3S. The van der Waals surface area contributed by atoms with Crippen molar-refractivity contribution >= 4 is 52.2 Å². The minimum atomic E-state index is -0.336. The smallest absolute Gasteiger partial charge is 0.293 e. The summed E-state index contributed by atoms with van der Waals surface area (Å²) in [5.74, 6) is 0.649. The van der Waals surface area contributed by atoms with Gasteiger partial charge in [0.25, 0.3) is 11.1 Å². The topological polar surface area (TPSA) is 50.5 Å². The van der Waals surface area contributed by atoms with Crippen LogP contribution in [0.1, 0.15) is 11.3 Å². The second-order valence-corrected chi connectivity index (χ2v) is 7.84. The predicted molar refractivity (Wildman–Crippen MR) is 112 cm³/mol. The van der Waals surface area contributed by atoms with Gasteiger partial charge in [0.1, 0.15) is 11.5 Å². The molecule has 4 rings (SSSR count). The number of hydrogen-bond donors (Lipinski definition) is 0. The number of carbonyl (C=O) groups excluding carboxylic acids is 2. The maximum absolute atomic E-state index is 12.6. The minimum absolute atomic E-state index is 0.240. The number of hydrogen-bond acceptors (Lipinski definition) is 4. The molecule has 0 saturated carbocycles. The van der Waals surface area contributed by atoms with Gasteiger partial charge in [-0.1, -0.05) is 59.6 Å². The quantitative estimate of drug-likeness (QED) is 0.444. The monoisotopic (exact) mass is 429 g/mol. The maximum atomic E-state index is 12.6. The van der Waals surface area contributed by atoms with E-state index in [1.807, 2.05) is 30.3 Å². The van der Waals surface area contributed by atoms with Crippen molar-refractivity contribution in [3.05, 3.63) is 86.9 Å². The summed E-state index contributed by atoms with van der Waals surface area (Å²) in [6.45, 7) is 0.240. The molecule has 140 valence electrons. The van der Waals surface area contributed by atoms with Crippen LogP contribution >= 0.6 is 35.0 Å². The highest BCUT2D eigenvalue weighted by Gasteiger charge is 2.35. The highest BCUT2D eigenvalue weighted by molar-refractivity contribution is 8.18. The molecule has 0 bridgehead atoms. The Morgan fingerprint density at radius 3 is 2.54 bits per heavy atom. The SMILES string of the molecule is O=C1S/C(=C/c2ccc(-c3cccc(Cl)c3Cl)o2)C(=O)N1Cc1ccccc1. The van der Waals surface area contributed by atoms with E-state index < -0.39 is 0 Å². The lowest BCUT2D eigenvalue weighted by Gasteiger charge is -2.11. The van der Waals surface area contributed by atoms with Crippen molar-refractivity contribution in [3.8, 4) is 11.3 Å². The van der Waals surface area contributed by atoms with Crippen molar-refractivity contribution in [2.75, 3.05) is 0 Å². The van der Waals surface area contributed by atoms with E-state index in [4.69, 9.17) is 27.6 Å². The fraction of sp³-hybridized carbons (Fsp3) is 0.0476. The van der Waals surface area contributed by atoms with Crippen LogP contribution in [0.5, 0.6) is 0 Å². The van der Waals surface area contributed by atoms with Gasteiger partial charge in [0.15, 0.2) is 0 Å². The Hall–Kier alpha value is -2.47. The van der Waals surface area contributed by atoms with Gasteiger partial charge in [-0.2, -0.15) is 0 Å². The van der Waals surface area contributed by atoms with Gasteiger partial charge >= 0.3 is 0 Å². The summed E-state index contributed by atoms with van der Waals surface area (Å²) in [5, 5.41) is 0.525. The molecule has 3 aromatic rings. The fourth-order valence-electron chi connectivity index (χ4n) is 2.80. The number of amides is 2. The molecule has 28 heavy (non-hydrogen) atoms. The molecule has 0 spiro atoms. The number of carbonyl (C=O) groups is 2. The maximum Gasteiger partial charge on any atom is 0.293 e. The summed E-state index contributed by atoms with van der Waals surface area (Å²) in [7, 11) is 0. The zero-order valence-corrected chi connectivity index (χ0v) is 16.7. The van der Waals surface area contributed by atoms with Gasteiger partial charge in [-0.05, 0) is 41.6 Å². The third kappa shape index (κ3) is 3.74. The van der Waals surface area contributed by atoms with E-state index >= 15 is 0 Å². The first-order chi connectivity index (χ1) is 13.5. The molecule has 0 radical (unpaired) electrons. The normalized spacial score (nSPS) is 15.6. The standard InChI is InChI=1S/C21H13Cl2NO3S/c22-16-8-4-7-15(19(16)23)17-10-9-14(27-17)11-18-20(25)24(21(26)28-18)12-13-5-2-1-3-6-13/h1-11H,12H2/b18-11+. The Morgan fingerprint density at radius 1 is 0.964 bits per heavy atom.